The molecule has 1 fully saturated rings. The van der Waals surface area contributed by atoms with Crippen LogP contribution in [0.15, 0.2) is 54.6 Å². The maximum atomic E-state index is 13.1. The van der Waals surface area contributed by atoms with Crippen molar-refractivity contribution in [2.45, 2.75) is 11.4 Å². The van der Waals surface area contributed by atoms with Crippen LogP contribution >= 0.6 is 19.2 Å². The van der Waals surface area contributed by atoms with Crippen LogP contribution in [-0.4, -0.2) is 26.1 Å². The summed E-state index contributed by atoms with van der Waals surface area (Å²) in [6.07, 6.45) is -0.968. The maximum absolute atomic E-state index is 13.1. The molecule has 1 aliphatic rings. The minimum absolute atomic E-state index is 0.287. The van der Waals surface area contributed by atoms with Crippen molar-refractivity contribution >= 4 is 25.0 Å². The van der Waals surface area contributed by atoms with Crippen LogP contribution in [0.2, 0.25) is 5.02 Å². The summed E-state index contributed by atoms with van der Waals surface area (Å²) in [7, 11) is -1.21. The van der Waals surface area contributed by atoms with Gasteiger partial charge in [0.1, 0.15) is 0 Å². The largest absolute Gasteiger partial charge is 0.369 e. The standard InChI is InChI=1S/C17H16ClO5P/c1-21-24(20,22-2)17(13-9-6-10-14(18)11-13)16(23-17)15(19)12-7-4-3-5-8-12/h3-11,16H,1-2H3/t16-,17+/m1/s1. The number of ether oxygens (including phenoxy) is 1. The van der Waals surface area contributed by atoms with Crippen LogP contribution in [0.25, 0.3) is 0 Å². The lowest BCUT2D eigenvalue weighted by atomic mass is 10.0. The molecular formula is C17H16ClO5P. The van der Waals surface area contributed by atoms with Crippen molar-refractivity contribution in [3.63, 3.8) is 0 Å². The Bertz CT molecular complexity index is 802. The molecule has 0 unspecified atom stereocenters. The molecule has 0 amide bonds. The summed E-state index contributed by atoms with van der Waals surface area (Å²) in [5.41, 5.74) is 0.946. The smallest absolute Gasteiger partial charge is 0.339 e. The van der Waals surface area contributed by atoms with Gasteiger partial charge in [-0.15, -0.1) is 0 Å². The van der Waals surface area contributed by atoms with Gasteiger partial charge in [0.2, 0.25) is 5.34 Å². The molecule has 126 valence electrons. The topological polar surface area (TPSA) is 65.1 Å². The molecule has 0 bridgehead atoms. The Labute approximate surface area is 145 Å². The third kappa shape index (κ3) is 2.63. The molecule has 2 aromatic carbocycles. The highest BCUT2D eigenvalue weighted by molar-refractivity contribution is 7.55. The Balaban J connectivity index is 2.07. The fourth-order valence-electron chi connectivity index (χ4n) is 2.77. The van der Waals surface area contributed by atoms with Gasteiger partial charge in [0.05, 0.1) is 0 Å². The van der Waals surface area contributed by atoms with E-state index in [0.29, 0.717) is 16.1 Å². The van der Waals surface area contributed by atoms with Crippen LogP contribution in [-0.2, 0) is 23.7 Å². The fourth-order valence-corrected chi connectivity index (χ4v) is 4.75. The van der Waals surface area contributed by atoms with Gasteiger partial charge in [-0.3, -0.25) is 9.36 Å². The first-order valence-electron chi connectivity index (χ1n) is 7.23. The summed E-state index contributed by atoms with van der Waals surface area (Å²) >= 11 is 6.05. The molecule has 0 saturated carbocycles. The van der Waals surface area contributed by atoms with E-state index in [9.17, 15) is 9.36 Å². The van der Waals surface area contributed by atoms with Gasteiger partial charge in [-0.25, -0.2) is 0 Å². The molecule has 0 N–H and O–H groups in total. The first kappa shape index (κ1) is 17.3. The maximum Gasteiger partial charge on any atom is 0.369 e. The highest BCUT2D eigenvalue weighted by Crippen LogP contribution is 2.75. The highest BCUT2D eigenvalue weighted by atomic mass is 35.5. The van der Waals surface area contributed by atoms with Gasteiger partial charge in [0.25, 0.3) is 0 Å². The number of rotatable bonds is 6. The summed E-state index contributed by atoms with van der Waals surface area (Å²) < 4.78 is 29.1. The highest BCUT2D eigenvalue weighted by Gasteiger charge is 2.74. The molecule has 0 aliphatic carbocycles. The third-order valence-corrected chi connectivity index (χ3v) is 6.63. The molecule has 24 heavy (non-hydrogen) atoms. The van der Waals surface area contributed by atoms with Gasteiger partial charge in [0, 0.05) is 30.4 Å². The lowest BCUT2D eigenvalue weighted by Crippen LogP contribution is -2.21. The van der Waals surface area contributed by atoms with E-state index < -0.39 is 19.0 Å². The van der Waals surface area contributed by atoms with E-state index in [1.807, 2.05) is 6.07 Å². The van der Waals surface area contributed by atoms with E-state index in [-0.39, 0.29) is 5.78 Å². The zero-order valence-corrected chi connectivity index (χ0v) is 14.8. The number of hydrogen-bond acceptors (Lipinski definition) is 5. The quantitative estimate of drug-likeness (QED) is 0.434. The Hall–Kier alpha value is -1.49. The summed E-state index contributed by atoms with van der Waals surface area (Å²) in [5.74, 6) is -0.287. The normalized spacial score (nSPS) is 23.0. The van der Waals surface area contributed by atoms with Crippen molar-refractivity contribution in [1.82, 2.24) is 0 Å². The Morgan fingerprint density at radius 1 is 1.12 bits per heavy atom. The molecule has 1 saturated heterocycles. The second-order valence-electron chi connectivity index (χ2n) is 5.30. The summed E-state index contributed by atoms with van der Waals surface area (Å²) in [4.78, 5) is 12.8. The molecule has 1 heterocycles. The van der Waals surface area contributed by atoms with Gasteiger partial charge in [0.15, 0.2) is 11.9 Å². The molecule has 5 nitrogen and oxygen atoms in total. The zero-order chi connectivity index (χ0) is 17.4. The van der Waals surface area contributed by atoms with E-state index >= 15 is 0 Å². The SMILES string of the molecule is COP(=O)(OC)[C@]1(c2cccc(Cl)c2)O[C@@H]1C(=O)c1ccccc1. The first-order chi connectivity index (χ1) is 11.5. The van der Waals surface area contributed by atoms with Crippen LogP contribution < -0.4 is 0 Å². The Morgan fingerprint density at radius 2 is 1.79 bits per heavy atom. The first-order valence-corrected chi connectivity index (χ1v) is 9.15. The lowest BCUT2D eigenvalue weighted by molar-refractivity contribution is 0.0953. The van der Waals surface area contributed by atoms with Crippen LogP contribution in [0, 0.1) is 0 Å². The van der Waals surface area contributed by atoms with Gasteiger partial charge >= 0.3 is 7.60 Å². The number of halogens is 1. The molecule has 2 aromatic rings. The summed E-state index contributed by atoms with van der Waals surface area (Å²) in [5, 5.41) is -1.05. The van der Waals surface area contributed by atoms with E-state index in [4.69, 9.17) is 25.4 Å². The van der Waals surface area contributed by atoms with Gasteiger partial charge < -0.3 is 13.8 Å². The van der Waals surface area contributed by atoms with Crippen LogP contribution in [0.4, 0.5) is 0 Å². The summed E-state index contributed by atoms with van der Waals surface area (Å²) in [6.45, 7) is 0. The summed E-state index contributed by atoms with van der Waals surface area (Å²) in [6, 6.07) is 15.3. The van der Waals surface area contributed by atoms with Gasteiger partial charge in [-0.2, -0.15) is 0 Å². The number of benzene rings is 2. The van der Waals surface area contributed by atoms with Crippen LogP contribution in [0.5, 0.6) is 0 Å². The number of carbonyl (C=O) groups excluding carboxylic acids is 1. The van der Waals surface area contributed by atoms with Gasteiger partial charge in [-0.05, 0) is 12.1 Å². The number of Topliss-reactive ketones (excluding diaryl/α,β-unsaturated/α-hetero) is 1. The molecule has 3 rings (SSSR count). The van der Waals surface area contributed by atoms with Crippen molar-refractivity contribution in [1.29, 1.82) is 0 Å². The van der Waals surface area contributed by atoms with Crippen molar-refractivity contribution in [2.24, 2.45) is 0 Å². The van der Waals surface area contributed by atoms with E-state index in [1.54, 1.807) is 48.5 Å². The fraction of sp³-hybridized carbons (Fsp3) is 0.235. The van der Waals surface area contributed by atoms with E-state index in [0.717, 1.165) is 0 Å². The monoisotopic (exact) mass is 366 g/mol. The molecule has 0 aromatic heterocycles. The molecule has 7 heteroatoms. The molecule has 0 radical (unpaired) electrons. The third-order valence-electron chi connectivity index (χ3n) is 4.02. The average Bonchev–Trinajstić information content (AvgIpc) is 3.38. The second-order valence-corrected chi connectivity index (χ2v) is 8.12. The Kier molecular flexibility index (Phi) is 4.65. The molecule has 0 spiro atoms. The van der Waals surface area contributed by atoms with E-state index in [2.05, 4.69) is 0 Å². The number of ketones is 1. The number of hydrogen-bond donors (Lipinski definition) is 0. The number of carbonyl (C=O) groups is 1. The Morgan fingerprint density at radius 3 is 2.38 bits per heavy atom. The predicted molar refractivity (Wildman–Crippen MR) is 90.4 cm³/mol. The van der Waals surface area contributed by atoms with Gasteiger partial charge in [-0.1, -0.05) is 54.1 Å². The van der Waals surface area contributed by atoms with E-state index in [1.165, 1.54) is 14.2 Å². The average molecular weight is 367 g/mol. The second kappa shape index (κ2) is 6.43. The zero-order valence-electron chi connectivity index (χ0n) is 13.1. The van der Waals surface area contributed by atoms with Crippen LogP contribution in [0.3, 0.4) is 0 Å². The minimum Gasteiger partial charge on any atom is -0.339 e. The lowest BCUT2D eigenvalue weighted by Gasteiger charge is -2.22. The predicted octanol–water partition coefficient (Wildman–Crippen LogP) is 4.26. The number of epoxide rings is 1. The van der Waals surface area contributed by atoms with Crippen LogP contribution in [0.1, 0.15) is 15.9 Å². The van der Waals surface area contributed by atoms with Crippen molar-refractivity contribution < 1.29 is 23.1 Å². The van der Waals surface area contributed by atoms with Crippen molar-refractivity contribution in [3.05, 3.63) is 70.7 Å². The molecule has 1 aliphatic heterocycles. The van der Waals surface area contributed by atoms with Crippen molar-refractivity contribution in [2.75, 3.05) is 14.2 Å². The molecular weight excluding hydrogens is 351 g/mol. The minimum atomic E-state index is -3.75. The molecule has 2 atom stereocenters. The van der Waals surface area contributed by atoms with Crippen molar-refractivity contribution in [3.8, 4) is 0 Å².